The normalized spacial score (nSPS) is 24.9. The summed E-state index contributed by atoms with van der Waals surface area (Å²) >= 11 is 6.44. The van der Waals surface area contributed by atoms with Crippen LogP contribution in [0.2, 0.25) is 5.02 Å². The maximum absolute atomic E-state index is 11.8. The number of H-pyrrole nitrogens is 1. The van der Waals surface area contributed by atoms with Crippen LogP contribution in [0.3, 0.4) is 0 Å². The maximum atomic E-state index is 11.8. The number of hydrogen-bond donors (Lipinski definition) is 4. The molecule has 1 saturated carbocycles. The van der Waals surface area contributed by atoms with Crippen LogP contribution in [0.25, 0.3) is 22.6 Å². The van der Waals surface area contributed by atoms with Crippen LogP contribution < -0.4 is 16.4 Å². The Bertz CT molecular complexity index is 1110. The summed E-state index contributed by atoms with van der Waals surface area (Å²) in [6.45, 7) is 0. The van der Waals surface area contributed by atoms with E-state index >= 15 is 0 Å². The summed E-state index contributed by atoms with van der Waals surface area (Å²) in [5.41, 5.74) is 9.55. The number of imidazole rings is 1. The number of amides is 1. The molecule has 8 heteroatoms. The Morgan fingerprint density at radius 2 is 1.96 bits per heavy atom. The van der Waals surface area contributed by atoms with Gasteiger partial charge in [0.1, 0.15) is 11.3 Å². The molecule has 7 nitrogen and oxygen atoms in total. The fourth-order valence-corrected chi connectivity index (χ4v) is 4.34. The maximum Gasteiger partial charge on any atom is 0.223 e. The Labute approximate surface area is 166 Å². The molecular weight excluding hydrogens is 376 g/mol. The molecule has 142 valence electrons. The minimum Gasteiger partial charge on any atom is -0.388 e. The van der Waals surface area contributed by atoms with E-state index in [0.717, 1.165) is 16.8 Å². The van der Waals surface area contributed by atoms with Crippen LogP contribution in [0.15, 0.2) is 42.6 Å². The lowest BCUT2D eigenvalue weighted by atomic mass is 9.54. The Morgan fingerprint density at radius 3 is 2.61 bits per heavy atom. The molecule has 1 aromatic carbocycles. The number of aromatic nitrogens is 3. The summed E-state index contributed by atoms with van der Waals surface area (Å²) in [5.74, 6) is 0.713. The third kappa shape index (κ3) is 2.46. The van der Waals surface area contributed by atoms with E-state index in [-0.39, 0.29) is 23.8 Å². The number of aromatic amines is 1. The van der Waals surface area contributed by atoms with Crippen molar-refractivity contribution >= 4 is 40.0 Å². The van der Waals surface area contributed by atoms with Gasteiger partial charge >= 0.3 is 0 Å². The predicted octanol–water partition coefficient (Wildman–Crippen LogP) is 3.02. The van der Waals surface area contributed by atoms with Gasteiger partial charge in [-0.05, 0) is 30.2 Å². The molecule has 1 unspecified atom stereocenters. The second kappa shape index (κ2) is 6.24. The van der Waals surface area contributed by atoms with Gasteiger partial charge in [0.15, 0.2) is 5.65 Å². The number of halogens is 1. The van der Waals surface area contributed by atoms with Crippen molar-refractivity contribution in [2.75, 3.05) is 17.7 Å². The molecule has 1 amide bonds. The molecule has 2 heterocycles. The highest BCUT2D eigenvalue weighted by molar-refractivity contribution is 6.34. The van der Waals surface area contributed by atoms with Gasteiger partial charge in [-0.2, -0.15) is 0 Å². The molecule has 0 spiro atoms. The minimum absolute atomic E-state index is 0.0720. The monoisotopic (exact) mass is 394 g/mol. The van der Waals surface area contributed by atoms with Crippen LogP contribution in [0.1, 0.15) is 0 Å². The zero-order chi connectivity index (χ0) is 19.4. The number of rotatable bonds is 5. The average Bonchev–Trinajstić information content (AvgIpc) is 3.10. The van der Waals surface area contributed by atoms with E-state index in [9.17, 15) is 4.79 Å². The highest BCUT2D eigenvalue weighted by atomic mass is 35.5. The third-order valence-electron chi connectivity index (χ3n) is 5.78. The lowest BCUT2D eigenvalue weighted by molar-refractivity contribution is -0.129. The van der Waals surface area contributed by atoms with E-state index in [1.165, 1.54) is 0 Å². The second-order valence-electron chi connectivity index (χ2n) is 7.23. The molecule has 28 heavy (non-hydrogen) atoms. The van der Waals surface area contributed by atoms with Gasteiger partial charge in [-0.25, -0.2) is 9.97 Å². The van der Waals surface area contributed by atoms with Crippen LogP contribution in [0, 0.1) is 17.8 Å². The molecule has 1 fully saturated rings. The fourth-order valence-electron chi connectivity index (χ4n) is 4.14. The number of primary amides is 1. The van der Waals surface area contributed by atoms with Gasteiger partial charge in [0.25, 0.3) is 0 Å². The first-order valence-electron chi connectivity index (χ1n) is 9.13. The molecular formula is C20H19ClN6O. The van der Waals surface area contributed by atoms with Crippen molar-refractivity contribution in [2.45, 2.75) is 6.04 Å². The molecule has 0 saturated heterocycles. The number of nitrogens with one attached hydrogen (secondary N) is 3. The number of pyridine rings is 1. The summed E-state index contributed by atoms with van der Waals surface area (Å²) in [4.78, 5) is 24.1. The summed E-state index contributed by atoms with van der Waals surface area (Å²) in [6.07, 6.45) is 5.73. The lowest BCUT2D eigenvalue weighted by Gasteiger charge is -2.53. The lowest BCUT2D eigenvalue weighted by Crippen LogP contribution is -2.61. The van der Waals surface area contributed by atoms with Crippen molar-refractivity contribution in [2.24, 2.45) is 23.5 Å². The largest absolute Gasteiger partial charge is 0.388 e. The molecule has 0 bridgehead atoms. The Hall–Kier alpha value is -3.06. The predicted molar refractivity (Wildman–Crippen MR) is 110 cm³/mol. The van der Waals surface area contributed by atoms with E-state index < -0.39 is 0 Å². The Morgan fingerprint density at radius 1 is 1.21 bits per heavy atom. The highest BCUT2D eigenvalue weighted by Gasteiger charge is 2.54. The highest BCUT2D eigenvalue weighted by Crippen LogP contribution is 2.50. The average molecular weight is 395 g/mol. The smallest absolute Gasteiger partial charge is 0.223 e. The van der Waals surface area contributed by atoms with Crippen molar-refractivity contribution in [1.29, 1.82) is 0 Å². The SMILES string of the molecule is CNc1ccc(-c2nc3ncc(Cl)c(N[C@@H]4[C@H]5C=CC5[C@@H]4C(N)=O)c3[nH]2)cc1. The second-order valence-corrected chi connectivity index (χ2v) is 7.64. The number of nitrogens with zero attached hydrogens (tertiary/aromatic N) is 2. The third-order valence-corrected chi connectivity index (χ3v) is 6.06. The number of anilines is 2. The van der Waals surface area contributed by atoms with Gasteiger partial charge in [-0.3, -0.25) is 4.79 Å². The van der Waals surface area contributed by atoms with Crippen LogP contribution >= 0.6 is 11.6 Å². The zero-order valence-electron chi connectivity index (χ0n) is 15.1. The Balaban J connectivity index is 1.52. The first-order chi connectivity index (χ1) is 13.6. The van der Waals surface area contributed by atoms with Crippen molar-refractivity contribution in [3.8, 4) is 11.4 Å². The molecule has 2 aliphatic rings. The van der Waals surface area contributed by atoms with Gasteiger partial charge in [-0.1, -0.05) is 23.8 Å². The molecule has 0 radical (unpaired) electrons. The zero-order valence-corrected chi connectivity index (χ0v) is 15.9. The summed E-state index contributed by atoms with van der Waals surface area (Å²) in [7, 11) is 1.88. The molecule has 2 aliphatic carbocycles. The molecule has 2 aromatic heterocycles. The molecule has 5 rings (SSSR count). The van der Waals surface area contributed by atoms with Gasteiger partial charge in [0.05, 0.1) is 22.8 Å². The number of carbonyl (C=O) groups excluding carboxylic acids is 1. The van der Waals surface area contributed by atoms with Crippen LogP contribution in [0.5, 0.6) is 0 Å². The van der Waals surface area contributed by atoms with E-state index in [1.807, 2.05) is 37.4 Å². The number of nitrogens with two attached hydrogens (primary N) is 1. The van der Waals surface area contributed by atoms with Gasteiger partial charge < -0.3 is 21.4 Å². The van der Waals surface area contributed by atoms with Crippen LogP contribution in [-0.2, 0) is 4.79 Å². The fraction of sp³-hybridized carbons (Fsp3) is 0.250. The van der Waals surface area contributed by atoms with Crippen molar-refractivity contribution in [3.05, 3.63) is 47.6 Å². The number of carbonyl (C=O) groups is 1. The Kier molecular flexibility index (Phi) is 3.80. The van der Waals surface area contributed by atoms with Crippen molar-refractivity contribution in [3.63, 3.8) is 0 Å². The van der Waals surface area contributed by atoms with Crippen LogP contribution in [-0.4, -0.2) is 33.9 Å². The molecule has 0 aliphatic heterocycles. The van der Waals surface area contributed by atoms with E-state index in [2.05, 4.69) is 31.7 Å². The number of fused-ring (bicyclic) bond motifs is 2. The summed E-state index contributed by atoms with van der Waals surface area (Å²) < 4.78 is 0. The summed E-state index contributed by atoms with van der Waals surface area (Å²) in [6, 6.07) is 7.86. The number of allylic oxidation sites excluding steroid dienone is 1. The van der Waals surface area contributed by atoms with Gasteiger partial charge in [0, 0.05) is 30.3 Å². The van der Waals surface area contributed by atoms with Crippen molar-refractivity contribution in [1.82, 2.24) is 15.0 Å². The number of benzene rings is 1. The first kappa shape index (κ1) is 17.1. The first-order valence-corrected chi connectivity index (χ1v) is 9.51. The van der Waals surface area contributed by atoms with E-state index in [0.29, 0.717) is 28.1 Å². The van der Waals surface area contributed by atoms with Gasteiger partial charge in [0.2, 0.25) is 5.91 Å². The topological polar surface area (TPSA) is 109 Å². The molecule has 4 atom stereocenters. The van der Waals surface area contributed by atoms with Crippen LogP contribution in [0.4, 0.5) is 11.4 Å². The van der Waals surface area contributed by atoms with E-state index in [1.54, 1.807) is 6.20 Å². The summed E-state index contributed by atoms with van der Waals surface area (Å²) in [5, 5.41) is 7.00. The van der Waals surface area contributed by atoms with Crippen molar-refractivity contribution < 1.29 is 4.79 Å². The minimum atomic E-state index is -0.292. The van der Waals surface area contributed by atoms with Gasteiger partial charge in [-0.15, -0.1) is 0 Å². The number of hydrogen-bond acceptors (Lipinski definition) is 5. The van der Waals surface area contributed by atoms with E-state index in [4.69, 9.17) is 17.3 Å². The quantitative estimate of drug-likeness (QED) is 0.497. The molecule has 5 N–H and O–H groups in total. The molecule has 3 aromatic rings. The standard InChI is InChI=1S/C20H19ClN6O/c1-23-10-4-2-9(3-5-10)19-26-17-16(13(21)8-24-20(17)27-19)25-15-12-7-6-11(12)14(15)18(22)28/h2-8,11-12,14-15,23H,1H3,(H2,22,28)(H2,24,25,26,27)/t11?,12-,14-,15+/m0/s1.